The molecule has 0 saturated carbocycles. The highest BCUT2D eigenvalue weighted by molar-refractivity contribution is 5.83. The Morgan fingerprint density at radius 3 is 2.62 bits per heavy atom. The highest BCUT2D eigenvalue weighted by Crippen LogP contribution is 2.29. The molecule has 2 heteroatoms. The minimum Gasteiger partial charge on any atom is -0.459 e. The van der Waals surface area contributed by atoms with Crippen LogP contribution in [-0.2, 0) is 13.0 Å². The molecule has 0 bridgehead atoms. The van der Waals surface area contributed by atoms with E-state index in [1.54, 1.807) is 0 Å². The topological polar surface area (TPSA) is 39.2 Å². The second-order valence-electron chi connectivity index (χ2n) is 4.47. The molecule has 2 nitrogen and oxygen atoms in total. The van der Waals surface area contributed by atoms with Crippen LogP contribution in [0.5, 0.6) is 0 Å². The van der Waals surface area contributed by atoms with E-state index in [4.69, 9.17) is 10.2 Å². The second kappa shape index (κ2) is 4.30. The van der Waals surface area contributed by atoms with Crippen LogP contribution >= 0.6 is 0 Å². The maximum Gasteiger partial charge on any atom is 0.134 e. The first-order chi connectivity index (χ1) is 7.67. The molecule has 0 amide bonds. The zero-order chi connectivity index (χ0) is 11.7. The summed E-state index contributed by atoms with van der Waals surface area (Å²) in [6.07, 6.45) is 0.973. The van der Waals surface area contributed by atoms with Crippen LogP contribution in [0.25, 0.3) is 11.0 Å². The Morgan fingerprint density at radius 1 is 1.31 bits per heavy atom. The average molecular weight is 217 g/mol. The van der Waals surface area contributed by atoms with Gasteiger partial charge in [0.2, 0.25) is 0 Å². The minimum atomic E-state index is 0.481. The van der Waals surface area contributed by atoms with E-state index in [1.807, 2.05) is 0 Å². The number of hydrogen-bond acceptors (Lipinski definition) is 2. The molecular weight excluding hydrogens is 198 g/mol. The summed E-state index contributed by atoms with van der Waals surface area (Å²) in [6, 6.07) is 6.43. The van der Waals surface area contributed by atoms with E-state index in [0.29, 0.717) is 12.5 Å². The molecule has 0 unspecified atom stereocenters. The fraction of sp³-hybridized carbons (Fsp3) is 0.429. The molecule has 16 heavy (non-hydrogen) atoms. The number of fused-ring (bicyclic) bond motifs is 1. The Kier molecular flexibility index (Phi) is 3.01. The normalized spacial score (nSPS) is 11.6. The number of hydrogen-bond donors (Lipinski definition) is 1. The smallest absolute Gasteiger partial charge is 0.134 e. The van der Waals surface area contributed by atoms with Crippen molar-refractivity contribution in [2.45, 2.75) is 39.7 Å². The van der Waals surface area contributed by atoms with Crippen molar-refractivity contribution in [3.8, 4) is 0 Å². The van der Waals surface area contributed by atoms with Crippen LogP contribution in [0.3, 0.4) is 0 Å². The molecule has 2 aromatic rings. The number of nitrogens with two attached hydrogens (primary N) is 1. The fourth-order valence-corrected chi connectivity index (χ4v) is 2.13. The summed E-state index contributed by atoms with van der Waals surface area (Å²) in [7, 11) is 0. The zero-order valence-corrected chi connectivity index (χ0v) is 10.2. The lowest BCUT2D eigenvalue weighted by atomic mass is 9.99. The molecule has 1 aromatic heterocycles. The number of benzene rings is 1. The molecule has 0 fully saturated rings. The fourth-order valence-electron chi connectivity index (χ4n) is 2.13. The first kappa shape index (κ1) is 11.2. The van der Waals surface area contributed by atoms with E-state index in [9.17, 15) is 0 Å². The maximum absolute atomic E-state index is 5.75. The van der Waals surface area contributed by atoms with Gasteiger partial charge in [-0.05, 0) is 30.0 Å². The second-order valence-corrected chi connectivity index (χ2v) is 4.47. The van der Waals surface area contributed by atoms with Gasteiger partial charge in [0.05, 0.1) is 6.54 Å². The Morgan fingerprint density at radius 2 is 2.06 bits per heavy atom. The van der Waals surface area contributed by atoms with Crippen LogP contribution in [0.2, 0.25) is 0 Å². The van der Waals surface area contributed by atoms with Crippen molar-refractivity contribution >= 4 is 11.0 Å². The lowest BCUT2D eigenvalue weighted by molar-refractivity contribution is 0.546. The molecule has 0 atom stereocenters. The van der Waals surface area contributed by atoms with E-state index in [1.165, 1.54) is 16.5 Å². The van der Waals surface area contributed by atoms with Gasteiger partial charge in [0.1, 0.15) is 11.3 Å². The Bertz CT molecular complexity index is 497. The molecule has 0 aliphatic heterocycles. The molecule has 0 spiro atoms. The van der Waals surface area contributed by atoms with Crippen LogP contribution in [0.4, 0.5) is 0 Å². The first-order valence-electron chi connectivity index (χ1n) is 5.91. The molecule has 86 valence electrons. The first-order valence-corrected chi connectivity index (χ1v) is 5.91. The van der Waals surface area contributed by atoms with Gasteiger partial charge in [0, 0.05) is 10.9 Å². The van der Waals surface area contributed by atoms with Gasteiger partial charge in [-0.25, -0.2) is 0 Å². The van der Waals surface area contributed by atoms with Gasteiger partial charge in [-0.2, -0.15) is 0 Å². The molecule has 1 heterocycles. The SMILES string of the molecule is CCc1c(CN)oc2ccc(C(C)C)cc12. The van der Waals surface area contributed by atoms with Crippen molar-refractivity contribution in [3.05, 3.63) is 35.1 Å². The van der Waals surface area contributed by atoms with Crippen LogP contribution in [-0.4, -0.2) is 0 Å². The molecule has 0 radical (unpaired) electrons. The van der Waals surface area contributed by atoms with Crippen molar-refractivity contribution in [2.24, 2.45) is 5.73 Å². The van der Waals surface area contributed by atoms with E-state index in [2.05, 4.69) is 39.0 Å². The van der Waals surface area contributed by atoms with Crippen LogP contribution in [0.15, 0.2) is 22.6 Å². The van der Waals surface area contributed by atoms with Crippen LogP contribution in [0.1, 0.15) is 43.6 Å². The number of aryl methyl sites for hydroxylation is 1. The van der Waals surface area contributed by atoms with Gasteiger partial charge in [-0.3, -0.25) is 0 Å². The number of furan rings is 1. The highest BCUT2D eigenvalue weighted by Gasteiger charge is 2.12. The highest BCUT2D eigenvalue weighted by atomic mass is 16.3. The van der Waals surface area contributed by atoms with Gasteiger partial charge in [0.25, 0.3) is 0 Å². The molecule has 2 rings (SSSR count). The maximum atomic E-state index is 5.75. The van der Waals surface area contributed by atoms with Crippen molar-refractivity contribution < 1.29 is 4.42 Å². The number of rotatable bonds is 3. The standard InChI is InChI=1S/C14H19NO/c1-4-11-12-7-10(9(2)3)5-6-13(12)16-14(11)8-15/h5-7,9H,4,8,15H2,1-3H3. The van der Waals surface area contributed by atoms with E-state index >= 15 is 0 Å². The van der Waals surface area contributed by atoms with Crippen molar-refractivity contribution in [3.63, 3.8) is 0 Å². The van der Waals surface area contributed by atoms with Crippen molar-refractivity contribution in [1.82, 2.24) is 0 Å². The van der Waals surface area contributed by atoms with Gasteiger partial charge < -0.3 is 10.2 Å². The lowest BCUT2D eigenvalue weighted by Gasteiger charge is -2.04. The average Bonchev–Trinajstić information content (AvgIpc) is 2.65. The molecule has 0 aliphatic carbocycles. The Hall–Kier alpha value is -1.28. The van der Waals surface area contributed by atoms with E-state index in [-0.39, 0.29) is 0 Å². The van der Waals surface area contributed by atoms with Gasteiger partial charge in [-0.1, -0.05) is 26.8 Å². The van der Waals surface area contributed by atoms with Crippen LogP contribution < -0.4 is 5.73 Å². The predicted octanol–water partition coefficient (Wildman–Crippen LogP) is 3.58. The summed E-state index contributed by atoms with van der Waals surface area (Å²) < 4.78 is 5.75. The summed E-state index contributed by atoms with van der Waals surface area (Å²) in [5.74, 6) is 1.48. The molecule has 0 saturated heterocycles. The lowest BCUT2D eigenvalue weighted by Crippen LogP contribution is -1.97. The quantitative estimate of drug-likeness (QED) is 0.853. The Balaban J connectivity index is 2.65. The summed E-state index contributed by atoms with van der Waals surface area (Å²) >= 11 is 0. The zero-order valence-electron chi connectivity index (χ0n) is 10.2. The van der Waals surface area contributed by atoms with E-state index in [0.717, 1.165) is 17.8 Å². The summed E-state index contributed by atoms with van der Waals surface area (Å²) in [4.78, 5) is 0. The van der Waals surface area contributed by atoms with Crippen molar-refractivity contribution in [2.75, 3.05) is 0 Å². The molecule has 0 aliphatic rings. The van der Waals surface area contributed by atoms with Gasteiger partial charge in [0.15, 0.2) is 0 Å². The van der Waals surface area contributed by atoms with E-state index < -0.39 is 0 Å². The van der Waals surface area contributed by atoms with Gasteiger partial charge in [-0.15, -0.1) is 0 Å². The predicted molar refractivity (Wildman–Crippen MR) is 67.6 cm³/mol. The summed E-state index contributed by atoms with van der Waals surface area (Å²) in [5, 5.41) is 1.23. The Labute approximate surface area is 96.4 Å². The molecule has 2 N–H and O–H groups in total. The summed E-state index contributed by atoms with van der Waals surface area (Å²) in [5.41, 5.74) is 9.27. The largest absolute Gasteiger partial charge is 0.459 e. The van der Waals surface area contributed by atoms with Gasteiger partial charge >= 0.3 is 0 Å². The van der Waals surface area contributed by atoms with Crippen molar-refractivity contribution in [1.29, 1.82) is 0 Å². The molecule has 1 aromatic carbocycles. The third-order valence-electron chi connectivity index (χ3n) is 3.10. The minimum absolute atomic E-state index is 0.481. The van der Waals surface area contributed by atoms with Crippen LogP contribution in [0, 0.1) is 0 Å². The monoisotopic (exact) mass is 217 g/mol. The molecular formula is C14H19NO. The summed E-state index contributed by atoms with van der Waals surface area (Å²) in [6.45, 7) is 7.04. The third kappa shape index (κ3) is 1.74. The third-order valence-corrected chi connectivity index (χ3v) is 3.10.